The molecule has 1 saturated heterocycles. The first-order valence-electron chi connectivity index (χ1n) is 19.7. The highest BCUT2D eigenvalue weighted by Gasteiger charge is 2.46. The van der Waals surface area contributed by atoms with Crippen LogP contribution in [-0.4, -0.2) is 95.8 Å². The topological polar surface area (TPSA) is 215 Å². The van der Waals surface area contributed by atoms with Gasteiger partial charge in [-0.1, -0.05) is 93.8 Å². The molecule has 57 heavy (non-hydrogen) atoms. The van der Waals surface area contributed by atoms with Crippen LogP contribution in [0, 0.1) is 11.8 Å². The SMILES string of the molecule is CC(C)COC(=O)NC(C(=O)N1CC(OC(C)(C)C)CC1C(=O)NC(Cc1ccccc1)C(=O)C(=O)NCC(=O)NC(C(N)=O)c1ccccc1)C1CCCCC1. The number of benzene rings is 2. The zero-order chi connectivity index (χ0) is 41.7. The summed E-state index contributed by atoms with van der Waals surface area (Å²) < 4.78 is 11.7. The van der Waals surface area contributed by atoms with E-state index in [1.54, 1.807) is 60.7 Å². The first-order valence-corrected chi connectivity index (χ1v) is 19.7. The predicted molar refractivity (Wildman–Crippen MR) is 211 cm³/mol. The minimum absolute atomic E-state index is 0.0578. The van der Waals surface area contributed by atoms with E-state index in [1.165, 1.54) is 4.90 Å². The van der Waals surface area contributed by atoms with E-state index < -0.39 is 83.8 Å². The molecule has 1 heterocycles. The number of amides is 6. The lowest BCUT2D eigenvalue weighted by atomic mass is 9.83. The number of likely N-dealkylation sites (tertiary alicyclic amines) is 1. The van der Waals surface area contributed by atoms with Gasteiger partial charge < -0.3 is 41.4 Å². The van der Waals surface area contributed by atoms with E-state index in [2.05, 4.69) is 21.3 Å². The van der Waals surface area contributed by atoms with Crippen molar-refractivity contribution in [3.05, 3.63) is 71.8 Å². The number of carbonyl (C=O) groups is 7. The molecule has 2 fully saturated rings. The van der Waals surface area contributed by atoms with Crippen molar-refractivity contribution >= 4 is 41.4 Å². The molecule has 1 aliphatic carbocycles. The number of alkyl carbamates (subject to hydrolysis) is 1. The van der Waals surface area contributed by atoms with Crippen molar-refractivity contribution in [2.75, 3.05) is 19.7 Å². The zero-order valence-corrected chi connectivity index (χ0v) is 33.6. The molecule has 15 nitrogen and oxygen atoms in total. The fraction of sp³-hybridized carbons (Fsp3) is 0.548. The Balaban J connectivity index is 1.54. The van der Waals surface area contributed by atoms with Crippen LogP contribution >= 0.6 is 0 Å². The molecule has 0 radical (unpaired) electrons. The first kappa shape index (κ1) is 44.4. The van der Waals surface area contributed by atoms with E-state index >= 15 is 0 Å². The summed E-state index contributed by atoms with van der Waals surface area (Å²) >= 11 is 0. The molecule has 4 rings (SSSR count). The summed E-state index contributed by atoms with van der Waals surface area (Å²) in [6.45, 7) is 8.99. The molecular weight excluding hydrogens is 732 g/mol. The van der Waals surface area contributed by atoms with E-state index in [9.17, 15) is 33.6 Å². The number of nitrogens with two attached hydrogens (primary N) is 1. The van der Waals surface area contributed by atoms with Crippen LogP contribution in [0.3, 0.4) is 0 Å². The highest BCUT2D eigenvalue weighted by Crippen LogP contribution is 2.31. The Morgan fingerprint density at radius 3 is 2.09 bits per heavy atom. The number of carbonyl (C=O) groups excluding carboxylic acids is 7. The van der Waals surface area contributed by atoms with Gasteiger partial charge in [-0.25, -0.2) is 4.79 Å². The molecule has 2 aliphatic rings. The van der Waals surface area contributed by atoms with Crippen molar-refractivity contribution in [1.29, 1.82) is 0 Å². The fourth-order valence-electron chi connectivity index (χ4n) is 7.22. The lowest BCUT2D eigenvalue weighted by Gasteiger charge is -2.34. The third-order valence-electron chi connectivity index (χ3n) is 9.85. The number of ether oxygens (including phenoxy) is 2. The summed E-state index contributed by atoms with van der Waals surface area (Å²) in [5.41, 5.74) is 5.98. The largest absolute Gasteiger partial charge is 0.449 e. The summed E-state index contributed by atoms with van der Waals surface area (Å²) in [5, 5.41) is 10.3. The summed E-state index contributed by atoms with van der Waals surface area (Å²) in [5.74, 6) is -4.98. The average Bonchev–Trinajstić information content (AvgIpc) is 3.60. The van der Waals surface area contributed by atoms with E-state index in [-0.39, 0.29) is 37.8 Å². The van der Waals surface area contributed by atoms with Crippen molar-refractivity contribution in [3.8, 4) is 0 Å². The first-order chi connectivity index (χ1) is 27.0. The Hall–Kier alpha value is -5.31. The second-order valence-corrected chi connectivity index (χ2v) is 16.2. The van der Waals surface area contributed by atoms with Crippen molar-refractivity contribution < 1.29 is 43.0 Å². The number of ketones is 1. The molecule has 2 aromatic rings. The monoisotopic (exact) mass is 790 g/mol. The second kappa shape index (κ2) is 20.7. The molecule has 0 spiro atoms. The number of hydrogen-bond donors (Lipinski definition) is 5. The number of rotatable bonds is 17. The van der Waals surface area contributed by atoms with Gasteiger partial charge in [0.15, 0.2) is 0 Å². The number of Topliss-reactive ketones (excluding diaryl/α,β-unsaturated/α-hetero) is 1. The molecule has 2 aromatic carbocycles. The van der Waals surface area contributed by atoms with Gasteiger partial charge in [-0.05, 0) is 56.6 Å². The van der Waals surface area contributed by atoms with E-state index in [1.807, 2.05) is 34.6 Å². The number of primary amides is 1. The Bertz CT molecular complexity index is 1710. The molecule has 1 saturated carbocycles. The highest BCUT2D eigenvalue weighted by molar-refractivity contribution is 6.38. The molecule has 5 unspecified atom stereocenters. The minimum Gasteiger partial charge on any atom is -0.449 e. The van der Waals surface area contributed by atoms with Crippen LogP contribution in [0.1, 0.15) is 90.3 Å². The minimum atomic E-state index is -1.39. The highest BCUT2D eigenvalue weighted by atomic mass is 16.5. The third-order valence-corrected chi connectivity index (χ3v) is 9.85. The summed E-state index contributed by atoms with van der Waals surface area (Å²) in [7, 11) is 0. The van der Waals surface area contributed by atoms with Gasteiger partial charge in [0, 0.05) is 19.4 Å². The quantitative estimate of drug-likeness (QED) is 0.149. The molecule has 1 aliphatic heterocycles. The van der Waals surface area contributed by atoms with Crippen LogP contribution in [-0.2, 0) is 44.7 Å². The average molecular weight is 791 g/mol. The molecular formula is C42H58N6O9. The van der Waals surface area contributed by atoms with E-state index in [0.29, 0.717) is 24.0 Å². The van der Waals surface area contributed by atoms with Gasteiger partial charge >= 0.3 is 6.09 Å². The number of hydrogen-bond acceptors (Lipinski definition) is 9. The predicted octanol–water partition coefficient (Wildman–Crippen LogP) is 2.86. The van der Waals surface area contributed by atoms with Crippen molar-refractivity contribution in [2.45, 2.75) is 115 Å². The van der Waals surface area contributed by atoms with Crippen LogP contribution in [0.2, 0.25) is 0 Å². The normalized spacial score (nSPS) is 18.8. The molecule has 0 bridgehead atoms. The molecule has 5 atom stereocenters. The molecule has 15 heteroatoms. The maximum Gasteiger partial charge on any atom is 0.407 e. The van der Waals surface area contributed by atoms with Gasteiger partial charge in [-0.3, -0.25) is 28.8 Å². The van der Waals surface area contributed by atoms with Gasteiger partial charge in [-0.2, -0.15) is 0 Å². The fourth-order valence-corrected chi connectivity index (χ4v) is 7.22. The van der Waals surface area contributed by atoms with Gasteiger partial charge in [0.25, 0.3) is 5.91 Å². The lowest BCUT2D eigenvalue weighted by Crippen LogP contribution is -2.58. The maximum atomic E-state index is 14.5. The Morgan fingerprint density at radius 2 is 1.49 bits per heavy atom. The second-order valence-electron chi connectivity index (χ2n) is 16.2. The van der Waals surface area contributed by atoms with Gasteiger partial charge in [0.05, 0.1) is 24.9 Å². The van der Waals surface area contributed by atoms with Crippen LogP contribution in [0.5, 0.6) is 0 Å². The standard InChI is InChI=1S/C42H58N6O9/c1-26(2)25-56-41(55)47-35(29-19-13-8-14-20-29)40(54)48-24-30(57-42(3,4)5)22-32(48)38(52)45-31(21-27-15-9-6-10-16-27)36(50)39(53)44-23-33(49)46-34(37(43)51)28-17-11-7-12-18-28/h6-7,9-12,15-18,26,29-32,34-35H,8,13-14,19-25H2,1-5H3,(H2,43,51)(H,44,53)(H,45,52)(H,46,49)(H,47,55). The molecule has 6 amide bonds. The smallest absolute Gasteiger partial charge is 0.407 e. The molecule has 310 valence electrons. The Labute approximate surface area is 334 Å². The van der Waals surface area contributed by atoms with E-state index in [0.717, 1.165) is 19.3 Å². The Morgan fingerprint density at radius 1 is 0.860 bits per heavy atom. The summed E-state index contributed by atoms with van der Waals surface area (Å²) in [4.78, 5) is 95.2. The third kappa shape index (κ3) is 13.7. The van der Waals surface area contributed by atoms with Gasteiger partial charge in [-0.15, -0.1) is 0 Å². The summed E-state index contributed by atoms with van der Waals surface area (Å²) in [6, 6.07) is 12.5. The molecule has 6 N–H and O–H groups in total. The van der Waals surface area contributed by atoms with Crippen LogP contribution < -0.4 is 27.0 Å². The number of nitrogens with zero attached hydrogens (tertiary/aromatic N) is 1. The lowest BCUT2D eigenvalue weighted by molar-refractivity contribution is -0.143. The zero-order valence-electron chi connectivity index (χ0n) is 33.6. The van der Waals surface area contributed by atoms with Crippen molar-refractivity contribution in [3.63, 3.8) is 0 Å². The van der Waals surface area contributed by atoms with Crippen molar-refractivity contribution in [2.24, 2.45) is 17.6 Å². The summed E-state index contributed by atoms with van der Waals surface area (Å²) in [6.07, 6.45) is 2.99. The molecule has 0 aromatic heterocycles. The Kier molecular flexibility index (Phi) is 16.2. The number of nitrogens with one attached hydrogen (secondary N) is 4. The van der Waals surface area contributed by atoms with Gasteiger partial charge in [0.1, 0.15) is 24.2 Å². The van der Waals surface area contributed by atoms with Crippen LogP contribution in [0.4, 0.5) is 4.79 Å². The van der Waals surface area contributed by atoms with Crippen LogP contribution in [0.25, 0.3) is 0 Å². The maximum absolute atomic E-state index is 14.5. The van der Waals surface area contributed by atoms with Gasteiger partial charge in [0.2, 0.25) is 29.4 Å². The van der Waals surface area contributed by atoms with E-state index in [4.69, 9.17) is 15.2 Å². The van der Waals surface area contributed by atoms with Crippen LogP contribution in [0.15, 0.2) is 60.7 Å². The van der Waals surface area contributed by atoms with Crippen molar-refractivity contribution in [1.82, 2.24) is 26.2 Å².